The highest BCUT2D eigenvalue weighted by Crippen LogP contribution is 2.20. The Morgan fingerprint density at radius 2 is 1.82 bits per heavy atom. The molecule has 0 aliphatic carbocycles. The summed E-state index contributed by atoms with van der Waals surface area (Å²) in [6.07, 6.45) is 4.11. The molecule has 28 heavy (non-hydrogen) atoms. The number of aryl methyl sites for hydroxylation is 2. The second-order valence-electron chi connectivity index (χ2n) is 6.55. The van der Waals surface area contributed by atoms with Crippen LogP contribution in [0, 0.1) is 6.92 Å². The first-order valence-corrected chi connectivity index (χ1v) is 10.2. The quantitative estimate of drug-likeness (QED) is 0.682. The van der Waals surface area contributed by atoms with E-state index in [2.05, 4.69) is 10.2 Å². The molecule has 1 fully saturated rings. The van der Waals surface area contributed by atoms with E-state index < -0.39 is 16.0 Å². The molecule has 3 heterocycles. The van der Waals surface area contributed by atoms with Crippen LogP contribution in [-0.2, 0) is 28.4 Å². The van der Waals surface area contributed by atoms with Gasteiger partial charge in [0.25, 0.3) is 0 Å². The lowest BCUT2D eigenvalue weighted by molar-refractivity contribution is -0.132. The van der Waals surface area contributed by atoms with Crippen LogP contribution in [0.3, 0.4) is 0 Å². The van der Waals surface area contributed by atoms with Gasteiger partial charge in [-0.2, -0.15) is 14.5 Å². The van der Waals surface area contributed by atoms with Gasteiger partial charge in [-0.05, 0) is 6.92 Å². The minimum absolute atomic E-state index is 0.0666. The standard InChI is InChI=1S/C16H22N6O5S/c1-12-14(10-17-19(12)2)28(26,27)22-7-5-20(6-8-22)15(23)3-4-21-11-13(9-18-21)16(24)25/h9-11H,3-8H2,1-2H3,(H,24,25). The Labute approximate surface area is 162 Å². The van der Waals surface area contributed by atoms with Crippen molar-refractivity contribution in [3.63, 3.8) is 0 Å². The topological polar surface area (TPSA) is 131 Å². The van der Waals surface area contributed by atoms with Crippen LogP contribution >= 0.6 is 0 Å². The lowest BCUT2D eigenvalue weighted by Gasteiger charge is -2.34. The van der Waals surface area contributed by atoms with E-state index in [1.54, 1.807) is 18.9 Å². The molecule has 0 bridgehead atoms. The fourth-order valence-corrected chi connectivity index (χ4v) is 4.62. The fraction of sp³-hybridized carbons (Fsp3) is 0.500. The third-order valence-corrected chi connectivity index (χ3v) is 6.84. The second-order valence-corrected chi connectivity index (χ2v) is 8.46. The summed E-state index contributed by atoms with van der Waals surface area (Å²) in [7, 11) is -1.95. The molecule has 0 spiro atoms. The van der Waals surface area contributed by atoms with Gasteiger partial charge < -0.3 is 10.0 Å². The number of aromatic nitrogens is 4. The summed E-state index contributed by atoms with van der Waals surface area (Å²) in [4.78, 5) is 25.0. The zero-order valence-corrected chi connectivity index (χ0v) is 16.5. The Morgan fingerprint density at radius 1 is 1.14 bits per heavy atom. The predicted molar refractivity (Wildman–Crippen MR) is 97.1 cm³/mol. The number of aromatic carboxylic acids is 1. The molecule has 2 aromatic heterocycles. The fourth-order valence-electron chi connectivity index (χ4n) is 3.01. The van der Waals surface area contributed by atoms with Crippen LogP contribution in [0.5, 0.6) is 0 Å². The Bertz CT molecular complexity index is 987. The largest absolute Gasteiger partial charge is 0.478 e. The van der Waals surface area contributed by atoms with Crippen molar-refractivity contribution in [2.75, 3.05) is 26.2 Å². The smallest absolute Gasteiger partial charge is 0.338 e. The third kappa shape index (κ3) is 3.92. The van der Waals surface area contributed by atoms with Gasteiger partial charge in [-0.1, -0.05) is 0 Å². The highest BCUT2D eigenvalue weighted by Gasteiger charge is 2.32. The number of hydrogen-bond acceptors (Lipinski definition) is 6. The van der Waals surface area contributed by atoms with Crippen LogP contribution in [0.4, 0.5) is 0 Å². The van der Waals surface area contributed by atoms with Crippen LogP contribution in [0.15, 0.2) is 23.5 Å². The van der Waals surface area contributed by atoms with Crippen molar-refractivity contribution in [3.05, 3.63) is 29.8 Å². The molecule has 0 saturated carbocycles. The Balaban J connectivity index is 1.55. The van der Waals surface area contributed by atoms with Crippen LogP contribution in [0.25, 0.3) is 0 Å². The SMILES string of the molecule is Cc1c(S(=O)(=O)N2CCN(C(=O)CCn3cc(C(=O)O)cn3)CC2)cnn1C. The maximum absolute atomic E-state index is 12.8. The maximum Gasteiger partial charge on any atom is 0.338 e. The molecule has 11 nitrogen and oxygen atoms in total. The van der Waals surface area contributed by atoms with E-state index >= 15 is 0 Å². The summed E-state index contributed by atoms with van der Waals surface area (Å²) in [5.41, 5.74) is 0.635. The second kappa shape index (κ2) is 7.72. The summed E-state index contributed by atoms with van der Waals surface area (Å²) >= 11 is 0. The number of sulfonamides is 1. The van der Waals surface area contributed by atoms with Crippen molar-refractivity contribution in [1.29, 1.82) is 0 Å². The van der Waals surface area contributed by atoms with Gasteiger partial charge in [-0.25, -0.2) is 13.2 Å². The molecule has 1 saturated heterocycles. The zero-order chi connectivity index (χ0) is 20.5. The molecule has 12 heteroatoms. The van der Waals surface area contributed by atoms with Crippen LogP contribution in [0.1, 0.15) is 22.5 Å². The van der Waals surface area contributed by atoms with Crippen molar-refractivity contribution >= 4 is 21.9 Å². The van der Waals surface area contributed by atoms with Gasteiger partial charge in [0, 0.05) is 52.4 Å². The number of carboxylic acids is 1. The molecule has 1 aliphatic heterocycles. The summed E-state index contributed by atoms with van der Waals surface area (Å²) in [5.74, 6) is -1.19. The number of carbonyl (C=O) groups excluding carboxylic acids is 1. The molecule has 1 amide bonds. The molecule has 1 N–H and O–H groups in total. The average Bonchev–Trinajstić information content (AvgIpc) is 3.27. The number of hydrogen-bond donors (Lipinski definition) is 1. The molecular formula is C16H22N6O5S. The first-order valence-electron chi connectivity index (χ1n) is 8.72. The van der Waals surface area contributed by atoms with Crippen molar-refractivity contribution in [2.45, 2.75) is 24.8 Å². The molecule has 0 radical (unpaired) electrons. The van der Waals surface area contributed by atoms with Gasteiger partial charge >= 0.3 is 5.97 Å². The molecule has 152 valence electrons. The lowest BCUT2D eigenvalue weighted by atomic mass is 10.3. The van der Waals surface area contributed by atoms with Gasteiger partial charge in [0.1, 0.15) is 4.90 Å². The number of rotatable bonds is 6. The molecule has 0 atom stereocenters. The van der Waals surface area contributed by atoms with E-state index in [1.807, 2.05) is 0 Å². The van der Waals surface area contributed by atoms with E-state index in [1.165, 1.54) is 32.3 Å². The summed E-state index contributed by atoms with van der Waals surface area (Å²) < 4.78 is 29.8. The molecular weight excluding hydrogens is 388 g/mol. The molecule has 1 aliphatic rings. The van der Waals surface area contributed by atoms with E-state index in [-0.39, 0.29) is 42.4 Å². The minimum Gasteiger partial charge on any atom is -0.478 e. The highest BCUT2D eigenvalue weighted by molar-refractivity contribution is 7.89. The van der Waals surface area contributed by atoms with Crippen LogP contribution in [-0.4, -0.2) is 80.3 Å². The number of piperazine rings is 1. The Kier molecular flexibility index (Phi) is 5.52. The van der Waals surface area contributed by atoms with Gasteiger partial charge in [0.15, 0.2) is 0 Å². The monoisotopic (exact) mass is 410 g/mol. The summed E-state index contributed by atoms with van der Waals surface area (Å²) in [5, 5.41) is 16.8. The highest BCUT2D eigenvalue weighted by atomic mass is 32.2. The van der Waals surface area contributed by atoms with E-state index in [0.717, 1.165) is 0 Å². The number of carbonyl (C=O) groups is 2. The number of amides is 1. The van der Waals surface area contributed by atoms with Gasteiger partial charge in [0.2, 0.25) is 15.9 Å². The van der Waals surface area contributed by atoms with E-state index in [0.29, 0.717) is 18.8 Å². The zero-order valence-electron chi connectivity index (χ0n) is 15.6. The minimum atomic E-state index is -3.64. The summed E-state index contributed by atoms with van der Waals surface area (Å²) in [6.45, 7) is 3.00. The Hall–Kier alpha value is -2.73. The van der Waals surface area contributed by atoms with Gasteiger partial charge in [-0.15, -0.1) is 0 Å². The molecule has 0 aromatic carbocycles. The van der Waals surface area contributed by atoms with Crippen molar-refractivity contribution < 1.29 is 23.1 Å². The third-order valence-electron chi connectivity index (χ3n) is 4.83. The normalized spacial score (nSPS) is 15.7. The average molecular weight is 410 g/mol. The van der Waals surface area contributed by atoms with Crippen molar-refractivity contribution in [2.24, 2.45) is 7.05 Å². The predicted octanol–water partition coefficient (Wildman–Crippen LogP) is -0.454. The number of carboxylic acid groups (broad SMARTS) is 1. The van der Waals surface area contributed by atoms with E-state index in [4.69, 9.17) is 5.11 Å². The number of nitrogens with zero attached hydrogens (tertiary/aromatic N) is 6. The van der Waals surface area contributed by atoms with E-state index in [9.17, 15) is 18.0 Å². The first-order chi connectivity index (χ1) is 13.2. The Morgan fingerprint density at radius 3 is 2.36 bits per heavy atom. The molecule has 3 rings (SSSR count). The summed E-state index contributed by atoms with van der Waals surface area (Å²) in [6, 6.07) is 0. The maximum atomic E-state index is 12.8. The van der Waals surface area contributed by atoms with Gasteiger partial charge in [-0.3, -0.25) is 14.2 Å². The molecule has 2 aromatic rings. The van der Waals surface area contributed by atoms with Crippen molar-refractivity contribution in [1.82, 2.24) is 28.8 Å². The van der Waals surface area contributed by atoms with Crippen LogP contribution < -0.4 is 0 Å². The molecule has 0 unspecified atom stereocenters. The van der Waals surface area contributed by atoms with Crippen LogP contribution in [0.2, 0.25) is 0 Å². The van der Waals surface area contributed by atoms with Gasteiger partial charge in [0.05, 0.1) is 23.7 Å². The van der Waals surface area contributed by atoms with Crippen molar-refractivity contribution in [3.8, 4) is 0 Å². The first kappa shape index (κ1) is 20.0. The lowest BCUT2D eigenvalue weighted by Crippen LogP contribution is -2.50.